The number of hydrogen-bond acceptors (Lipinski definition) is 4. The molecule has 0 aromatic rings. The van der Waals surface area contributed by atoms with E-state index < -0.39 is 5.50 Å². The molecule has 1 aliphatic rings. The summed E-state index contributed by atoms with van der Waals surface area (Å²) in [6, 6.07) is 0. The molecule has 0 spiro atoms. The van der Waals surface area contributed by atoms with Crippen molar-refractivity contribution < 1.29 is 9.53 Å². The minimum absolute atomic E-state index is 0.0169. The van der Waals surface area contributed by atoms with Crippen molar-refractivity contribution in [3.63, 3.8) is 0 Å². The van der Waals surface area contributed by atoms with Crippen molar-refractivity contribution in [3.8, 4) is 0 Å². The van der Waals surface area contributed by atoms with Crippen LogP contribution in [0.4, 0.5) is 0 Å². The number of hydrogen-bond donors (Lipinski definition) is 0. The summed E-state index contributed by atoms with van der Waals surface area (Å²) in [6.07, 6.45) is 3.07. The summed E-state index contributed by atoms with van der Waals surface area (Å²) in [4.78, 5) is 21.7. The molecule has 0 saturated heterocycles. The van der Waals surface area contributed by atoms with Crippen LogP contribution in [-0.4, -0.2) is 18.1 Å². The van der Waals surface area contributed by atoms with Crippen LogP contribution in [0.15, 0.2) is 5.18 Å². The first-order chi connectivity index (χ1) is 7.19. The maximum absolute atomic E-state index is 11.4. The summed E-state index contributed by atoms with van der Waals surface area (Å²) < 4.78 is 4.95. The molecule has 1 fully saturated rings. The zero-order chi connectivity index (χ0) is 11.3. The van der Waals surface area contributed by atoms with Crippen LogP contribution in [-0.2, 0) is 9.53 Å². The average Bonchev–Trinajstić information content (AvgIpc) is 2.28. The maximum atomic E-state index is 11.4. The minimum Gasteiger partial charge on any atom is -0.466 e. The monoisotopic (exact) mass is 233 g/mol. The number of halogens is 1. The highest BCUT2D eigenvalue weighted by Crippen LogP contribution is 2.33. The van der Waals surface area contributed by atoms with Gasteiger partial charge < -0.3 is 4.74 Å². The molecule has 1 aliphatic carbocycles. The van der Waals surface area contributed by atoms with Gasteiger partial charge >= 0.3 is 5.97 Å². The SMILES string of the molecule is CCOC(=O)C1CCC(C(Cl)N=O)CC1. The molecule has 0 aromatic carbocycles. The van der Waals surface area contributed by atoms with Gasteiger partial charge in [-0.1, -0.05) is 11.6 Å². The van der Waals surface area contributed by atoms with Crippen molar-refractivity contribution in [1.29, 1.82) is 0 Å². The van der Waals surface area contributed by atoms with E-state index in [1.807, 2.05) is 0 Å². The normalized spacial score (nSPS) is 28.1. The first-order valence-electron chi connectivity index (χ1n) is 5.32. The Morgan fingerprint density at radius 2 is 2.07 bits per heavy atom. The van der Waals surface area contributed by atoms with Crippen LogP contribution in [0.1, 0.15) is 32.6 Å². The molecule has 0 amide bonds. The minimum atomic E-state index is -0.645. The van der Waals surface area contributed by atoms with Crippen molar-refractivity contribution >= 4 is 17.6 Å². The molecule has 0 bridgehead atoms. The molecular weight excluding hydrogens is 218 g/mol. The standard InChI is InChI=1S/C10H16ClNO3/c1-2-15-10(13)8-5-3-7(4-6-8)9(11)12-14/h7-9H,2-6H2,1H3. The van der Waals surface area contributed by atoms with Crippen LogP contribution in [0.3, 0.4) is 0 Å². The lowest BCUT2D eigenvalue weighted by Gasteiger charge is -2.27. The van der Waals surface area contributed by atoms with Gasteiger partial charge in [-0.05, 0) is 43.7 Å². The lowest BCUT2D eigenvalue weighted by molar-refractivity contribution is -0.149. The lowest BCUT2D eigenvalue weighted by Crippen LogP contribution is -2.26. The van der Waals surface area contributed by atoms with E-state index in [0.717, 1.165) is 25.7 Å². The number of rotatable bonds is 4. The predicted molar refractivity (Wildman–Crippen MR) is 57.5 cm³/mol. The molecular formula is C10H16ClNO3. The third-order valence-electron chi connectivity index (χ3n) is 2.88. The molecule has 1 rings (SSSR count). The number of esters is 1. The number of carbonyl (C=O) groups is 1. The second kappa shape index (κ2) is 6.05. The Labute approximate surface area is 94.3 Å². The molecule has 1 atom stereocenters. The van der Waals surface area contributed by atoms with Gasteiger partial charge in [0.15, 0.2) is 5.50 Å². The Bertz CT molecular complexity index is 227. The maximum Gasteiger partial charge on any atom is 0.308 e. The molecule has 0 aromatic heterocycles. The fourth-order valence-electron chi connectivity index (χ4n) is 1.98. The first kappa shape index (κ1) is 12.4. The van der Waals surface area contributed by atoms with Gasteiger partial charge in [0.2, 0.25) is 0 Å². The summed E-state index contributed by atoms with van der Waals surface area (Å²) >= 11 is 5.74. The zero-order valence-corrected chi connectivity index (χ0v) is 9.57. The Balaban J connectivity index is 2.35. The van der Waals surface area contributed by atoms with E-state index >= 15 is 0 Å². The molecule has 1 unspecified atom stereocenters. The summed E-state index contributed by atoms with van der Waals surface area (Å²) in [6.45, 7) is 2.22. The molecule has 0 heterocycles. The Kier molecular flexibility index (Phi) is 5.02. The van der Waals surface area contributed by atoms with Gasteiger partial charge in [0.1, 0.15) is 0 Å². The Morgan fingerprint density at radius 3 is 2.53 bits per heavy atom. The van der Waals surface area contributed by atoms with Gasteiger partial charge in [-0.2, -0.15) is 0 Å². The van der Waals surface area contributed by atoms with Gasteiger partial charge in [0.25, 0.3) is 0 Å². The second-order valence-electron chi connectivity index (χ2n) is 3.84. The van der Waals surface area contributed by atoms with E-state index in [0.29, 0.717) is 6.61 Å². The number of ether oxygens (including phenoxy) is 1. The number of nitrogens with zero attached hydrogens (tertiary/aromatic N) is 1. The summed E-state index contributed by atoms with van der Waals surface area (Å²) in [5.41, 5.74) is -0.645. The van der Waals surface area contributed by atoms with Gasteiger partial charge in [-0.3, -0.25) is 4.79 Å². The number of carbonyl (C=O) groups excluding carboxylic acids is 1. The lowest BCUT2D eigenvalue weighted by atomic mass is 9.82. The first-order valence-corrected chi connectivity index (χ1v) is 5.75. The summed E-state index contributed by atoms with van der Waals surface area (Å²) in [7, 11) is 0. The van der Waals surface area contributed by atoms with Crippen LogP contribution in [0.25, 0.3) is 0 Å². The Hall–Kier alpha value is -0.640. The molecule has 1 saturated carbocycles. The smallest absolute Gasteiger partial charge is 0.308 e. The summed E-state index contributed by atoms with van der Waals surface area (Å²) in [5.74, 6) is -0.0207. The van der Waals surface area contributed by atoms with Gasteiger partial charge in [-0.25, -0.2) is 0 Å². The highest BCUT2D eigenvalue weighted by atomic mass is 35.5. The van der Waals surface area contributed by atoms with Crippen LogP contribution < -0.4 is 0 Å². The van der Waals surface area contributed by atoms with E-state index in [9.17, 15) is 9.70 Å². The third kappa shape index (κ3) is 3.45. The molecule has 0 aliphatic heterocycles. The van der Waals surface area contributed by atoms with E-state index in [4.69, 9.17) is 16.3 Å². The van der Waals surface area contributed by atoms with Crippen molar-refractivity contribution in [2.45, 2.75) is 38.1 Å². The van der Waals surface area contributed by atoms with Crippen LogP contribution in [0, 0.1) is 16.7 Å². The molecule has 5 heteroatoms. The van der Waals surface area contributed by atoms with Gasteiger partial charge in [-0.15, -0.1) is 4.91 Å². The summed E-state index contributed by atoms with van der Waals surface area (Å²) in [5, 5.41) is 2.82. The molecule has 15 heavy (non-hydrogen) atoms. The topological polar surface area (TPSA) is 55.7 Å². The number of alkyl halides is 1. The number of nitroso groups, excluding NO2 is 1. The second-order valence-corrected chi connectivity index (χ2v) is 4.29. The molecule has 86 valence electrons. The van der Waals surface area contributed by atoms with Crippen LogP contribution >= 0.6 is 11.6 Å². The highest BCUT2D eigenvalue weighted by Gasteiger charge is 2.30. The van der Waals surface area contributed by atoms with E-state index in [1.54, 1.807) is 6.92 Å². The van der Waals surface area contributed by atoms with Crippen LogP contribution in [0.2, 0.25) is 0 Å². The quantitative estimate of drug-likeness (QED) is 0.325. The predicted octanol–water partition coefficient (Wildman–Crippen LogP) is 2.69. The largest absolute Gasteiger partial charge is 0.466 e. The van der Waals surface area contributed by atoms with Gasteiger partial charge in [0, 0.05) is 0 Å². The van der Waals surface area contributed by atoms with Crippen molar-refractivity contribution in [1.82, 2.24) is 0 Å². The van der Waals surface area contributed by atoms with Crippen molar-refractivity contribution in [2.24, 2.45) is 17.0 Å². The Morgan fingerprint density at radius 1 is 1.47 bits per heavy atom. The fraction of sp³-hybridized carbons (Fsp3) is 0.900. The van der Waals surface area contributed by atoms with Crippen molar-refractivity contribution in [2.75, 3.05) is 6.61 Å². The van der Waals surface area contributed by atoms with Crippen LogP contribution in [0.5, 0.6) is 0 Å². The molecule has 0 N–H and O–H groups in total. The van der Waals surface area contributed by atoms with E-state index in [2.05, 4.69) is 5.18 Å². The molecule has 4 nitrogen and oxygen atoms in total. The zero-order valence-electron chi connectivity index (χ0n) is 8.82. The van der Waals surface area contributed by atoms with E-state index in [-0.39, 0.29) is 17.8 Å². The molecule has 0 radical (unpaired) electrons. The van der Waals surface area contributed by atoms with Crippen molar-refractivity contribution in [3.05, 3.63) is 4.91 Å². The highest BCUT2D eigenvalue weighted by molar-refractivity contribution is 6.20. The average molecular weight is 234 g/mol. The van der Waals surface area contributed by atoms with Gasteiger partial charge in [0.05, 0.1) is 12.5 Å². The third-order valence-corrected chi connectivity index (χ3v) is 3.32. The fourth-order valence-corrected chi connectivity index (χ4v) is 2.23. The van der Waals surface area contributed by atoms with E-state index in [1.165, 1.54) is 0 Å².